The molecule has 0 fully saturated rings. The number of benzene rings is 1. The lowest BCUT2D eigenvalue weighted by atomic mass is 10.3. The van der Waals surface area contributed by atoms with Crippen molar-refractivity contribution < 1.29 is 27.8 Å². The van der Waals surface area contributed by atoms with E-state index in [0.29, 0.717) is 22.1 Å². The van der Waals surface area contributed by atoms with Crippen LogP contribution in [0.25, 0.3) is 0 Å². The number of carbonyl (C=O) groups is 1. The molecule has 0 aliphatic carbocycles. The first-order valence-electron chi connectivity index (χ1n) is 8.38. The lowest BCUT2D eigenvalue weighted by Gasteiger charge is -2.14. The summed E-state index contributed by atoms with van der Waals surface area (Å²) in [6.45, 7) is 0.212. The third kappa shape index (κ3) is 6.17. The van der Waals surface area contributed by atoms with Gasteiger partial charge in [-0.2, -0.15) is 0 Å². The first-order chi connectivity index (χ1) is 13.8. The number of para-hydroxylation sites is 2. The number of thiazole rings is 1. The molecule has 3 rings (SSSR count). The van der Waals surface area contributed by atoms with E-state index in [1.165, 1.54) is 40.9 Å². The van der Waals surface area contributed by atoms with Gasteiger partial charge in [-0.15, -0.1) is 35.8 Å². The number of carbonyl (C=O) groups excluding carboxylic acids is 1. The molecule has 0 spiro atoms. The zero-order chi connectivity index (χ0) is 20.9. The molecular formula is C18H16F3N3O3S2. The van der Waals surface area contributed by atoms with Crippen LogP contribution >= 0.6 is 22.7 Å². The molecule has 2 aromatic heterocycles. The van der Waals surface area contributed by atoms with Gasteiger partial charge in [0.25, 0.3) is 5.91 Å². The van der Waals surface area contributed by atoms with Gasteiger partial charge >= 0.3 is 6.36 Å². The molecule has 0 unspecified atom stereocenters. The number of nitrogens with zero attached hydrogens (tertiary/aromatic N) is 1. The fourth-order valence-corrected chi connectivity index (χ4v) is 3.94. The predicted molar refractivity (Wildman–Crippen MR) is 106 cm³/mol. The Hall–Kier alpha value is -2.63. The number of ether oxygens (including phenoxy) is 1. The van der Waals surface area contributed by atoms with E-state index in [2.05, 4.69) is 20.4 Å². The van der Waals surface area contributed by atoms with E-state index in [1.807, 2.05) is 0 Å². The predicted octanol–water partition coefficient (Wildman–Crippen LogP) is 4.50. The maximum absolute atomic E-state index is 12.5. The second kappa shape index (κ2) is 9.25. The fraction of sp³-hybridized carbons (Fsp3) is 0.222. The summed E-state index contributed by atoms with van der Waals surface area (Å²) in [6, 6.07) is 9.11. The summed E-state index contributed by atoms with van der Waals surface area (Å²) < 4.78 is 41.5. The number of nitrogens with one attached hydrogen (secondary N) is 2. The second-order valence-corrected chi connectivity index (χ2v) is 7.76. The van der Waals surface area contributed by atoms with Crippen molar-refractivity contribution in [3.8, 4) is 5.75 Å². The summed E-state index contributed by atoms with van der Waals surface area (Å²) >= 11 is 2.48. The number of hydrogen-bond donors (Lipinski definition) is 3. The number of aromatic nitrogens is 1. The summed E-state index contributed by atoms with van der Waals surface area (Å²) in [4.78, 5) is 17.7. The normalized spacial score (nSPS) is 11.3. The maximum atomic E-state index is 12.5. The molecule has 29 heavy (non-hydrogen) atoms. The number of hydrogen-bond acceptors (Lipinski definition) is 7. The van der Waals surface area contributed by atoms with E-state index in [0.717, 1.165) is 4.88 Å². The lowest BCUT2D eigenvalue weighted by Crippen LogP contribution is -2.18. The Morgan fingerprint density at radius 3 is 2.76 bits per heavy atom. The van der Waals surface area contributed by atoms with Crippen LogP contribution in [0.3, 0.4) is 0 Å². The number of aliphatic hydroxyl groups is 1. The van der Waals surface area contributed by atoms with Gasteiger partial charge in [-0.3, -0.25) is 10.1 Å². The summed E-state index contributed by atoms with van der Waals surface area (Å²) in [7, 11) is 0. The average Bonchev–Trinajstić information content (AvgIpc) is 3.30. The molecule has 0 saturated carbocycles. The van der Waals surface area contributed by atoms with Gasteiger partial charge in [-0.25, -0.2) is 4.98 Å². The molecule has 0 radical (unpaired) electrons. The van der Waals surface area contributed by atoms with Crippen molar-refractivity contribution in [2.24, 2.45) is 0 Å². The molecule has 3 N–H and O–H groups in total. The van der Waals surface area contributed by atoms with Gasteiger partial charge in [0.05, 0.1) is 16.3 Å². The van der Waals surface area contributed by atoms with Crippen molar-refractivity contribution in [1.82, 2.24) is 4.98 Å². The van der Waals surface area contributed by atoms with Crippen molar-refractivity contribution in [3.63, 3.8) is 0 Å². The van der Waals surface area contributed by atoms with E-state index in [1.54, 1.807) is 23.6 Å². The minimum atomic E-state index is -4.78. The second-order valence-electron chi connectivity index (χ2n) is 5.74. The summed E-state index contributed by atoms with van der Waals surface area (Å²) in [6.07, 6.45) is -4.36. The van der Waals surface area contributed by atoms with E-state index in [9.17, 15) is 18.0 Å². The third-order valence-electron chi connectivity index (χ3n) is 3.59. The van der Waals surface area contributed by atoms with Crippen LogP contribution < -0.4 is 15.4 Å². The van der Waals surface area contributed by atoms with Gasteiger partial charge in [0.2, 0.25) is 0 Å². The van der Waals surface area contributed by atoms with Crippen molar-refractivity contribution >= 4 is 39.4 Å². The molecular weight excluding hydrogens is 427 g/mol. The number of rotatable bonds is 8. The number of thiophene rings is 1. The average molecular weight is 443 g/mol. The summed E-state index contributed by atoms with van der Waals surface area (Å²) in [5.41, 5.74) is 0.895. The molecule has 2 heterocycles. The van der Waals surface area contributed by atoms with Gasteiger partial charge in [0.15, 0.2) is 10.9 Å². The molecule has 11 heteroatoms. The fourth-order valence-electron chi connectivity index (χ4n) is 2.36. The molecule has 0 bridgehead atoms. The van der Waals surface area contributed by atoms with Crippen LogP contribution in [0.5, 0.6) is 5.75 Å². The van der Waals surface area contributed by atoms with Gasteiger partial charge in [0.1, 0.15) is 0 Å². The topological polar surface area (TPSA) is 83.5 Å². The zero-order valence-electron chi connectivity index (χ0n) is 14.8. The quantitative estimate of drug-likeness (QED) is 0.477. The highest BCUT2D eigenvalue weighted by Crippen LogP contribution is 2.30. The van der Waals surface area contributed by atoms with Crippen LogP contribution in [-0.2, 0) is 13.0 Å². The lowest BCUT2D eigenvalue weighted by molar-refractivity contribution is -0.274. The Morgan fingerprint density at radius 1 is 1.21 bits per heavy atom. The Morgan fingerprint density at radius 2 is 2.00 bits per heavy atom. The third-order valence-corrected chi connectivity index (χ3v) is 5.48. The van der Waals surface area contributed by atoms with E-state index >= 15 is 0 Å². The first kappa shape index (κ1) is 21.1. The molecule has 154 valence electrons. The Balaban J connectivity index is 1.60. The highest BCUT2D eigenvalue weighted by atomic mass is 32.1. The van der Waals surface area contributed by atoms with Crippen LogP contribution in [-0.4, -0.2) is 29.0 Å². The van der Waals surface area contributed by atoms with Gasteiger partial charge in [-0.05, 0) is 24.3 Å². The summed E-state index contributed by atoms with van der Waals surface area (Å²) in [5, 5.41) is 16.7. The Bertz CT molecular complexity index is 972. The number of halogens is 3. The highest BCUT2D eigenvalue weighted by molar-refractivity contribution is 7.15. The largest absolute Gasteiger partial charge is 0.573 e. The smallest absolute Gasteiger partial charge is 0.404 e. The molecule has 0 aliphatic rings. The van der Waals surface area contributed by atoms with Crippen molar-refractivity contribution in [3.05, 3.63) is 57.2 Å². The number of amides is 1. The van der Waals surface area contributed by atoms with Crippen LogP contribution in [0.4, 0.5) is 24.0 Å². The van der Waals surface area contributed by atoms with E-state index in [4.69, 9.17) is 5.11 Å². The molecule has 1 amide bonds. The Kier molecular flexibility index (Phi) is 6.72. The van der Waals surface area contributed by atoms with Crippen LogP contribution in [0.15, 0.2) is 41.8 Å². The van der Waals surface area contributed by atoms with Gasteiger partial charge in [-0.1, -0.05) is 12.1 Å². The van der Waals surface area contributed by atoms with E-state index < -0.39 is 6.36 Å². The number of alkyl halides is 3. The summed E-state index contributed by atoms with van der Waals surface area (Å²) in [5.74, 6) is -0.649. The molecule has 0 saturated heterocycles. The maximum Gasteiger partial charge on any atom is 0.573 e. The standard InChI is InChI=1S/C18H16F3N3O3S2/c19-18(20,21)27-14-4-2-1-3-13(14)22-9-12-5-6-15(29-12)16(26)24-17-23-11(7-8-25)10-28-17/h1-6,10,22,25H,7-9H2,(H,23,24,26). The monoisotopic (exact) mass is 443 g/mol. The van der Waals surface area contributed by atoms with Crippen LogP contribution in [0, 0.1) is 0 Å². The highest BCUT2D eigenvalue weighted by Gasteiger charge is 2.32. The Labute approximate surface area is 172 Å². The minimum Gasteiger partial charge on any atom is -0.404 e. The number of aliphatic hydroxyl groups excluding tert-OH is 1. The van der Waals surface area contributed by atoms with Gasteiger partial charge in [0, 0.05) is 29.8 Å². The van der Waals surface area contributed by atoms with Crippen molar-refractivity contribution in [1.29, 1.82) is 0 Å². The zero-order valence-corrected chi connectivity index (χ0v) is 16.5. The molecule has 0 atom stereocenters. The molecule has 1 aromatic carbocycles. The SMILES string of the molecule is O=C(Nc1nc(CCO)cs1)c1ccc(CNc2ccccc2OC(F)(F)F)s1. The molecule has 6 nitrogen and oxygen atoms in total. The van der Waals surface area contributed by atoms with Crippen molar-refractivity contribution in [2.75, 3.05) is 17.2 Å². The van der Waals surface area contributed by atoms with Crippen LogP contribution in [0.1, 0.15) is 20.2 Å². The van der Waals surface area contributed by atoms with Crippen LogP contribution in [0.2, 0.25) is 0 Å². The number of anilines is 2. The minimum absolute atomic E-state index is 0.0183. The molecule has 0 aliphatic heterocycles. The van der Waals surface area contributed by atoms with Crippen molar-refractivity contribution in [2.45, 2.75) is 19.3 Å². The first-order valence-corrected chi connectivity index (χ1v) is 10.1. The van der Waals surface area contributed by atoms with E-state index in [-0.39, 0.29) is 30.5 Å². The molecule has 3 aromatic rings. The van der Waals surface area contributed by atoms with Gasteiger partial charge < -0.3 is 15.2 Å².